The number of benzene rings is 1. The fourth-order valence-corrected chi connectivity index (χ4v) is 3.63. The Morgan fingerprint density at radius 3 is 2.58 bits per heavy atom. The second-order valence-corrected chi connectivity index (χ2v) is 7.23. The Morgan fingerprint density at radius 1 is 1.29 bits per heavy atom. The first kappa shape index (κ1) is 20.8. The number of nitriles is 2. The molecule has 2 rings (SSSR count). The van der Waals surface area contributed by atoms with E-state index in [0.717, 1.165) is 15.6 Å². The number of anilines is 1. The topological polar surface area (TPSA) is 108 Å². The molecule has 0 amide bonds. The number of thioether (sulfide) groups is 1. The average molecular weight is 369 g/mol. The zero-order valence-electron chi connectivity index (χ0n) is 13.0. The van der Waals surface area contributed by atoms with E-state index in [1.54, 1.807) is 18.2 Å². The molecule has 0 N–H and O–H groups in total. The molecule has 9 heteroatoms. The molecule has 0 bridgehead atoms. The SMILES string of the molecule is N#CC(C#N)=C/C=C1\Sc2ccccc2N1CCCS(=O)(=O)[O-].[Na+]. The summed E-state index contributed by atoms with van der Waals surface area (Å²) in [7, 11) is -4.25. The molecular formula is C15H12N3NaO3S2. The van der Waals surface area contributed by atoms with Crippen LogP contribution in [0.25, 0.3) is 0 Å². The van der Waals surface area contributed by atoms with Crippen LogP contribution in [0.3, 0.4) is 0 Å². The van der Waals surface area contributed by atoms with Crippen LogP contribution in [-0.2, 0) is 10.1 Å². The molecule has 0 radical (unpaired) electrons. The van der Waals surface area contributed by atoms with Gasteiger partial charge in [0.2, 0.25) is 0 Å². The predicted octanol–water partition coefficient (Wildman–Crippen LogP) is -0.647. The molecule has 1 aromatic carbocycles. The van der Waals surface area contributed by atoms with Crippen molar-refractivity contribution in [2.75, 3.05) is 17.2 Å². The number of nitrogens with zero attached hydrogens (tertiary/aromatic N) is 3. The van der Waals surface area contributed by atoms with Crippen LogP contribution in [-0.4, -0.2) is 25.3 Å². The van der Waals surface area contributed by atoms with Gasteiger partial charge in [-0.1, -0.05) is 23.9 Å². The van der Waals surface area contributed by atoms with E-state index in [1.165, 1.54) is 17.8 Å². The van der Waals surface area contributed by atoms with Gasteiger partial charge in [0.05, 0.1) is 20.8 Å². The van der Waals surface area contributed by atoms with E-state index in [-0.39, 0.29) is 41.6 Å². The molecule has 0 saturated heterocycles. The maximum absolute atomic E-state index is 10.7. The van der Waals surface area contributed by atoms with Gasteiger partial charge in [0.25, 0.3) is 0 Å². The van der Waals surface area contributed by atoms with Crippen LogP contribution in [0.15, 0.2) is 51.9 Å². The first-order valence-electron chi connectivity index (χ1n) is 6.65. The van der Waals surface area contributed by atoms with Crippen LogP contribution in [0.2, 0.25) is 0 Å². The van der Waals surface area contributed by atoms with Crippen molar-refractivity contribution in [2.45, 2.75) is 11.3 Å². The van der Waals surface area contributed by atoms with E-state index in [9.17, 15) is 13.0 Å². The standard InChI is InChI=1S/C15H13N3O3S2.Na/c16-10-12(11-17)6-7-15-18(8-3-9-23(19,20)21)13-4-1-2-5-14(13)22-15;/h1-2,4-7H,3,8-9H2,(H,19,20,21);/q;+1/p-1/b15-7-;. The fourth-order valence-electron chi connectivity index (χ4n) is 2.06. The summed E-state index contributed by atoms with van der Waals surface area (Å²) in [5, 5.41) is 18.3. The summed E-state index contributed by atoms with van der Waals surface area (Å²) in [4.78, 5) is 2.88. The van der Waals surface area contributed by atoms with Crippen LogP contribution in [0.4, 0.5) is 5.69 Å². The van der Waals surface area contributed by atoms with Crippen LogP contribution in [0, 0.1) is 22.7 Å². The Balaban J connectivity index is 0.00000288. The molecule has 0 fully saturated rings. The molecular weight excluding hydrogens is 357 g/mol. The quantitative estimate of drug-likeness (QED) is 0.386. The summed E-state index contributed by atoms with van der Waals surface area (Å²) >= 11 is 1.46. The number of hydrogen-bond donors (Lipinski definition) is 0. The van der Waals surface area contributed by atoms with Gasteiger partial charge < -0.3 is 9.45 Å². The first-order chi connectivity index (χ1) is 10.9. The summed E-state index contributed by atoms with van der Waals surface area (Å²) in [6.45, 7) is 0.361. The third-order valence-corrected chi connectivity index (χ3v) is 4.97. The van der Waals surface area contributed by atoms with Gasteiger partial charge in [-0.15, -0.1) is 0 Å². The number of para-hydroxylation sites is 1. The minimum atomic E-state index is -4.25. The molecule has 1 aromatic rings. The second-order valence-electron chi connectivity index (χ2n) is 4.65. The smallest absolute Gasteiger partial charge is 0.748 e. The Labute approximate surface area is 167 Å². The number of rotatable bonds is 5. The molecule has 0 saturated carbocycles. The molecule has 1 aliphatic heterocycles. The van der Waals surface area contributed by atoms with E-state index >= 15 is 0 Å². The van der Waals surface area contributed by atoms with Crippen molar-refractivity contribution in [3.05, 3.63) is 47.0 Å². The molecule has 118 valence electrons. The van der Waals surface area contributed by atoms with Crippen molar-refractivity contribution in [1.82, 2.24) is 0 Å². The minimum absolute atomic E-state index is 0. The largest absolute Gasteiger partial charge is 1.00 e. The van der Waals surface area contributed by atoms with E-state index in [1.807, 2.05) is 29.2 Å². The second kappa shape index (κ2) is 9.28. The fraction of sp³-hybridized carbons (Fsp3) is 0.200. The maximum atomic E-state index is 10.7. The molecule has 24 heavy (non-hydrogen) atoms. The summed E-state index contributed by atoms with van der Waals surface area (Å²) in [5.74, 6) is -0.429. The van der Waals surface area contributed by atoms with Gasteiger partial charge in [0, 0.05) is 17.2 Å². The molecule has 0 spiro atoms. The van der Waals surface area contributed by atoms with Gasteiger partial charge in [-0.2, -0.15) is 10.5 Å². The van der Waals surface area contributed by atoms with E-state index in [4.69, 9.17) is 10.5 Å². The van der Waals surface area contributed by atoms with Gasteiger partial charge in [-0.05, 0) is 30.7 Å². The Bertz CT molecular complexity index is 835. The van der Waals surface area contributed by atoms with Crippen LogP contribution < -0.4 is 34.5 Å². The van der Waals surface area contributed by atoms with E-state index in [2.05, 4.69) is 0 Å². The first-order valence-corrected chi connectivity index (χ1v) is 9.04. The van der Waals surface area contributed by atoms with Crippen molar-refractivity contribution in [1.29, 1.82) is 10.5 Å². The number of allylic oxidation sites excluding steroid dienone is 3. The summed E-state index contributed by atoms with van der Waals surface area (Å²) in [5.41, 5.74) is 0.895. The number of fused-ring (bicyclic) bond motifs is 1. The van der Waals surface area contributed by atoms with Crippen molar-refractivity contribution >= 4 is 27.6 Å². The summed E-state index contributed by atoms with van der Waals surface area (Å²) in [6, 6.07) is 11.1. The minimum Gasteiger partial charge on any atom is -0.748 e. The summed E-state index contributed by atoms with van der Waals surface area (Å²) < 4.78 is 32.2. The molecule has 6 nitrogen and oxygen atoms in total. The van der Waals surface area contributed by atoms with Gasteiger partial charge in [0.1, 0.15) is 17.7 Å². The van der Waals surface area contributed by atoms with E-state index < -0.39 is 15.9 Å². The van der Waals surface area contributed by atoms with Crippen molar-refractivity contribution in [3.63, 3.8) is 0 Å². The zero-order valence-corrected chi connectivity index (χ0v) is 16.6. The van der Waals surface area contributed by atoms with E-state index in [0.29, 0.717) is 6.54 Å². The van der Waals surface area contributed by atoms with Crippen LogP contribution in [0.5, 0.6) is 0 Å². The third-order valence-electron chi connectivity index (χ3n) is 3.05. The van der Waals surface area contributed by atoms with Gasteiger partial charge >= 0.3 is 29.6 Å². The molecule has 0 unspecified atom stereocenters. The Morgan fingerprint density at radius 2 is 1.96 bits per heavy atom. The Kier molecular flexibility index (Phi) is 8.04. The zero-order chi connectivity index (χ0) is 16.9. The number of hydrogen-bond acceptors (Lipinski definition) is 7. The maximum Gasteiger partial charge on any atom is 1.00 e. The van der Waals surface area contributed by atoms with Crippen LogP contribution in [0.1, 0.15) is 6.42 Å². The van der Waals surface area contributed by atoms with Gasteiger partial charge in [0.15, 0.2) is 0 Å². The normalized spacial score (nSPS) is 14.3. The average Bonchev–Trinajstić information content (AvgIpc) is 2.85. The predicted molar refractivity (Wildman–Crippen MR) is 86.2 cm³/mol. The van der Waals surface area contributed by atoms with Gasteiger partial charge in [-0.3, -0.25) is 0 Å². The Hall–Kier alpha value is -1.26. The van der Waals surface area contributed by atoms with Gasteiger partial charge in [-0.25, -0.2) is 8.42 Å². The van der Waals surface area contributed by atoms with Crippen molar-refractivity contribution < 1.29 is 42.5 Å². The monoisotopic (exact) mass is 369 g/mol. The van der Waals surface area contributed by atoms with Crippen molar-refractivity contribution in [3.8, 4) is 12.1 Å². The molecule has 0 aromatic heterocycles. The molecule has 1 aliphatic rings. The van der Waals surface area contributed by atoms with Crippen LogP contribution >= 0.6 is 11.8 Å². The summed E-state index contributed by atoms with van der Waals surface area (Å²) in [6.07, 6.45) is 3.27. The molecule has 0 aliphatic carbocycles. The molecule has 1 heterocycles. The molecule has 0 atom stereocenters. The third kappa shape index (κ3) is 5.67. The van der Waals surface area contributed by atoms with Crippen molar-refractivity contribution in [2.24, 2.45) is 0 Å².